The number of hydrogen-bond donors (Lipinski definition) is 2. The molecule has 0 spiro atoms. The molecule has 2 amide bonds. The first-order valence-electron chi connectivity index (χ1n) is 6.10. The summed E-state index contributed by atoms with van der Waals surface area (Å²) in [6, 6.07) is 6.15. The Labute approximate surface area is 116 Å². The molecule has 1 aromatic rings. The normalized spacial score (nSPS) is 18.4. The molecule has 0 bridgehead atoms. The summed E-state index contributed by atoms with van der Waals surface area (Å²) < 4.78 is 0. The van der Waals surface area contributed by atoms with Crippen molar-refractivity contribution in [2.45, 2.75) is 25.4 Å². The van der Waals surface area contributed by atoms with Crippen molar-refractivity contribution in [3.05, 3.63) is 34.9 Å². The molecule has 1 aromatic carbocycles. The van der Waals surface area contributed by atoms with E-state index in [1.165, 1.54) is 4.90 Å². The molecule has 102 valence electrons. The molecule has 0 unspecified atom stereocenters. The first kappa shape index (κ1) is 13.7. The fourth-order valence-corrected chi connectivity index (χ4v) is 2.38. The summed E-state index contributed by atoms with van der Waals surface area (Å²) in [6.07, 6.45) is 1.23. The van der Waals surface area contributed by atoms with E-state index >= 15 is 0 Å². The van der Waals surface area contributed by atoms with E-state index in [1.807, 2.05) is 18.2 Å². The fraction of sp³-hybridized carbons (Fsp3) is 0.385. The number of hydrogen-bond acceptors (Lipinski definition) is 2. The zero-order valence-corrected chi connectivity index (χ0v) is 11.1. The quantitative estimate of drug-likeness (QED) is 0.892. The van der Waals surface area contributed by atoms with Gasteiger partial charge in [-0.05, 0) is 24.5 Å². The van der Waals surface area contributed by atoms with Crippen molar-refractivity contribution in [3.63, 3.8) is 0 Å². The van der Waals surface area contributed by atoms with Gasteiger partial charge in [0, 0.05) is 18.1 Å². The van der Waals surface area contributed by atoms with Crippen molar-refractivity contribution in [3.8, 4) is 0 Å². The topological polar surface area (TPSA) is 69.6 Å². The number of carboxylic acid groups (broad SMARTS) is 1. The molecule has 0 radical (unpaired) electrons. The van der Waals surface area contributed by atoms with Crippen LogP contribution < -0.4 is 5.32 Å². The maximum atomic E-state index is 12.0. The Morgan fingerprint density at radius 1 is 1.42 bits per heavy atom. The predicted octanol–water partition coefficient (Wildman–Crippen LogP) is 2.10. The van der Waals surface area contributed by atoms with Gasteiger partial charge in [-0.3, -0.25) is 0 Å². The second-order valence-electron chi connectivity index (χ2n) is 4.44. The van der Waals surface area contributed by atoms with E-state index in [9.17, 15) is 9.59 Å². The SMILES string of the molecule is O=C(O)[C@@H]1CCCN1C(=O)NCc1ccccc1Cl. The number of benzene rings is 1. The lowest BCUT2D eigenvalue weighted by Gasteiger charge is -2.21. The zero-order chi connectivity index (χ0) is 13.8. The van der Waals surface area contributed by atoms with Crippen molar-refractivity contribution in [1.29, 1.82) is 0 Å². The van der Waals surface area contributed by atoms with Crippen LogP contribution in [0.5, 0.6) is 0 Å². The Balaban J connectivity index is 1.95. The lowest BCUT2D eigenvalue weighted by Crippen LogP contribution is -2.45. The molecule has 0 saturated carbocycles. The minimum absolute atomic E-state index is 0.293. The molecule has 0 aliphatic carbocycles. The fourth-order valence-electron chi connectivity index (χ4n) is 2.18. The number of aliphatic carboxylic acids is 1. The number of nitrogens with one attached hydrogen (secondary N) is 1. The van der Waals surface area contributed by atoms with Crippen LogP contribution in [0.25, 0.3) is 0 Å². The molecule has 2 N–H and O–H groups in total. The standard InChI is InChI=1S/C13H15ClN2O3/c14-10-5-2-1-4-9(10)8-15-13(19)16-7-3-6-11(16)12(17)18/h1-2,4-5,11H,3,6-8H2,(H,15,19)(H,17,18)/t11-/m0/s1. The van der Waals surface area contributed by atoms with Crippen molar-refractivity contribution < 1.29 is 14.7 Å². The maximum absolute atomic E-state index is 12.0. The third-order valence-electron chi connectivity index (χ3n) is 3.19. The molecule has 6 heteroatoms. The Hall–Kier alpha value is -1.75. The van der Waals surface area contributed by atoms with Crippen LogP contribution in [0.3, 0.4) is 0 Å². The number of rotatable bonds is 3. The second kappa shape index (κ2) is 5.93. The molecule has 1 aliphatic rings. The van der Waals surface area contributed by atoms with E-state index in [0.717, 1.165) is 12.0 Å². The van der Waals surface area contributed by atoms with E-state index in [4.69, 9.17) is 16.7 Å². The first-order chi connectivity index (χ1) is 9.09. The lowest BCUT2D eigenvalue weighted by molar-refractivity contribution is -0.141. The van der Waals surface area contributed by atoms with E-state index in [1.54, 1.807) is 6.07 Å². The number of halogens is 1. The highest BCUT2D eigenvalue weighted by Gasteiger charge is 2.33. The molecule has 1 atom stereocenters. The molecule has 2 rings (SSSR count). The minimum Gasteiger partial charge on any atom is -0.480 e. The van der Waals surface area contributed by atoms with Crippen LogP contribution in [0, 0.1) is 0 Å². The van der Waals surface area contributed by atoms with E-state index in [-0.39, 0.29) is 6.03 Å². The number of carbonyl (C=O) groups excluding carboxylic acids is 1. The summed E-state index contributed by atoms with van der Waals surface area (Å²) in [4.78, 5) is 24.3. The number of nitrogens with zero attached hydrogens (tertiary/aromatic N) is 1. The molecule has 1 heterocycles. The van der Waals surface area contributed by atoms with Gasteiger partial charge in [0.15, 0.2) is 0 Å². The highest BCUT2D eigenvalue weighted by Crippen LogP contribution is 2.18. The average molecular weight is 283 g/mol. The van der Waals surface area contributed by atoms with Gasteiger partial charge in [-0.25, -0.2) is 9.59 Å². The van der Waals surface area contributed by atoms with Crippen molar-refractivity contribution in [1.82, 2.24) is 10.2 Å². The summed E-state index contributed by atoms with van der Waals surface area (Å²) in [6.45, 7) is 0.771. The van der Waals surface area contributed by atoms with Crippen molar-refractivity contribution in [2.75, 3.05) is 6.54 Å². The number of likely N-dealkylation sites (tertiary alicyclic amines) is 1. The highest BCUT2D eigenvalue weighted by atomic mass is 35.5. The minimum atomic E-state index is -0.953. The molecule has 5 nitrogen and oxygen atoms in total. The summed E-state index contributed by atoms with van der Waals surface area (Å²) in [7, 11) is 0. The lowest BCUT2D eigenvalue weighted by atomic mass is 10.2. The van der Waals surface area contributed by atoms with Crippen LogP contribution in [-0.2, 0) is 11.3 Å². The Kier molecular flexibility index (Phi) is 4.27. The van der Waals surface area contributed by atoms with Crippen molar-refractivity contribution in [2.24, 2.45) is 0 Å². The second-order valence-corrected chi connectivity index (χ2v) is 4.85. The van der Waals surface area contributed by atoms with E-state index < -0.39 is 12.0 Å². The van der Waals surface area contributed by atoms with Gasteiger partial charge in [0.2, 0.25) is 0 Å². The molecule has 1 saturated heterocycles. The summed E-state index contributed by atoms with van der Waals surface area (Å²) >= 11 is 5.99. The Bertz CT molecular complexity index is 493. The van der Waals surface area contributed by atoms with Gasteiger partial charge in [-0.1, -0.05) is 29.8 Å². The highest BCUT2D eigenvalue weighted by molar-refractivity contribution is 6.31. The van der Waals surface area contributed by atoms with Crippen LogP contribution in [0.2, 0.25) is 5.02 Å². The number of carbonyl (C=O) groups is 2. The first-order valence-corrected chi connectivity index (χ1v) is 6.48. The third-order valence-corrected chi connectivity index (χ3v) is 3.56. The van der Waals surface area contributed by atoms with Crippen LogP contribution in [0.4, 0.5) is 4.79 Å². The summed E-state index contributed by atoms with van der Waals surface area (Å²) in [5.41, 5.74) is 0.809. The van der Waals surface area contributed by atoms with Gasteiger partial charge >= 0.3 is 12.0 Å². The summed E-state index contributed by atoms with van der Waals surface area (Å²) in [5, 5.41) is 12.3. The van der Waals surface area contributed by atoms with Crippen LogP contribution in [0.1, 0.15) is 18.4 Å². The van der Waals surface area contributed by atoms with E-state index in [0.29, 0.717) is 24.5 Å². The Morgan fingerprint density at radius 3 is 2.84 bits per heavy atom. The molecule has 1 aliphatic heterocycles. The molecular formula is C13H15ClN2O3. The van der Waals surface area contributed by atoms with Crippen molar-refractivity contribution >= 4 is 23.6 Å². The van der Waals surface area contributed by atoms with Gasteiger partial charge in [0.05, 0.1) is 0 Å². The molecular weight excluding hydrogens is 268 g/mol. The summed E-state index contributed by atoms with van der Waals surface area (Å²) in [5.74, 6) is -0.953. The average Bonchev–Trinajstić information content (AvgIpc) is 2.87. The largest absolute Gasteiger partial charge is 0.480 e. The number of carboxylic acids is 1. The van der Waals surface area contributed by atoms with Gasteiger partial charge in [0.25, 0.3) is 0 Å². The van der Waals surface area contributed by atoms with Gasteiger partial charge in [0.1, 0.15) is 6.04 Å². The van der Waals surface area contributed by atoms with Gasteiger partial charge < -0.3 is 15.3 Å². The monoisotopic (exact) mass is 282 g/mol. The molecule has 0 aromatic heterocycles. The van der Waals surface area contributed by atoms with Crippen LogP contribution >= 0.6 is 11.6 Å². The Morgan fingerprint density at radius 2 is 2.16 bits per heavy atom. The smallest absolute Gasteiger partial charge is 0.326 e. The zero-order valence-electron chi connectivity index (χ0n) is 10.3. The number of urea groups is 1. The van der Waals surface area contributed by atoms with Crippen LogP contribution in [0.15, 0.2) is 24.3 Å². The maximum Gasteiger partial charge on any atom is 0.326 e. The molecule has 1 fully saturated rings. The van der Waals surface area contributed by atoms with Crippen LogP contribution in [-0.4, -0.2) is 34.6 Å². The van der Waals surface area contributed by atoms with E-state index in [2.05, 4.69) is 5.32 Å². The number of amides is 2. The third kappa shape index (κ3) is 3.17. The molecule has 19 heavy (non-hydrogen) atoms. The predicted molar refractivity (Wildman–Crippen MR) is 71.1 cm³/mol. The van der Waals surface area contributed by atoms with Gasteiger partial charge in [-0.2, -0.15) is 0 Å². The van der Waals surface area contributed by atoms with Gasteiger partial charge in [-0.15, -0.1) is 0 Å².